The average molecular weight is 279 g/mol. The van der Waals surface area contributed by atoms with Crippen LogP contribution < -0.4 is 0 Å². The van der Waals surface area contributed by atoms with E-state index in [1.807, 2.05) is 32.0 Å². The largest absolute Gasteiger partial charge is 0.289 e. The van der Waals surface area contributed by atoms with Crippen molar-refractivity contribution in [1.29, 1.82) is 0 Å². The van der Waals surface area contributed by atoms with Crippen LogP contribution in [0.4, 0.5) is 0 Å². The molecule has 0 N–H and O–H groups in total. The van der Waals surface area contributed by atoms with E-state index in [4.69, 9.17) is 23.2 Å². The Labute approximate surface area is 116 Å². The van der Waals surface area contributed by atoms with Gasteiger partial charge in [0.1, 0.15) is 0 Å². The van der Waals surface area contributed by atoms with Crippen molar-refractivity contribution >= 4 is 29.0 Å². The smallest absolute Gasteiger partial charge is 0.194 e. The second kappa shape index (κ2) is 5.13. The highest BCUT2D eigenvalue weighted by atomic mass is 35.5. The molecule has 0 aliphatic carbocycles. The summed E-state index contributed by atoms with van der Waals surface area (Å²) in [7, 11) is 0. The minimum absolute atomic E-state index is 0.0972. The molecular formula is C15H12Cl2O. The minimum Gasteiger partial charge on any atom is -0.289 e. The molecule has 18 heavy (non-hydrogen) atoms. The van der Waals surface area contributed by atoms with E-state index in [0.717, 1.165) is 11.1 Å². The zero-order valence-corrected chi connectivity index (χ0v) is 11.6. The second-order valence-corrected chi connectivity index (χ2v) is 5.12. The Morgan fingerprint density at radius 2 is 1.67 bits per heavy atom. The SMILES string of the molecule is Cc1ccc(C(=O)c2cc(Cl)ccc2Cl)c(C)c1. The van der Waals surface area contributed by atoms with Crippen molar-refractivity contribution in [3.05, 3.63) is 68.7 Å². The van der Waals surface area contributed by atoms with E-state index in [-0.39, 0.29) is 5.78 Å². The van der Waals surface area contributed by atoms with Crippen molar-refractivity contribution in [1.82, 2.24) is 0 Å². The highest BCUT2D eigenvalue weighted by Gasteiger charge is 2.15. The monoisotopic (exact) mass is 278 g/mol. The second-order valence-electron chi connectivity index (χ2n) is 4.27. The Kier molecular flexibility index (Phi) is 3.74. The van der Waals surface area contributed by atoms with Gasteiger partial charge in [0.2, 0.25) is 0 Å². The number of ketones is 1. The first-order chi connectivity index (χ1) is 8.49. The number of hydrogen-bond acceptors (Lipinski definition) is 1. The van der Waals surface area contributed by atoms with E-state index in [1.165, 1.54) is 0 Å². The average Bonchev–Trinajstić information content (AvgIpc) is 2.31. The van der Waals surface area contributed by atoms with Gasteiger partial charge in [-0.25, -0.2) is 0 Å². The molecule has 0 aliphatic heterocycles. The van der Waals surface area contributed by atoms with Gasteiger partial charge in [0.15, 0.2) is 5.78 Å². The number of hydrogen-bond donors (Lipinski definition) is 0. The van der Waals surface area contributed by atoms with Gasteiger partial charge in [-0.05, 0) is 37.6 Å². The molecule has 0 heterocycles. The van der Waals surface area contributed by atoms with Crippen LogP contribution in [-0.2, 0) is 0 Å². The molecule has 0 bridgehead atoms. The van der Waals surface area contributed by atoms with Gasteiger partial charge in [-0.15, -0.1) is 0 Å². The summed E-state index contributed by atoms with van der Waals surface area (Å²) in [5, 5.41) is 0.928. The van der Waals surface area contributed by atoms with Gasteiger partial charge in [-0.1, -0.05) is 47.0 Å². The summed E-state index contributed by atoms with van der Waals surface area (Å²) in [5.74, 6) is -0.0972. The first-order valence-electron chi connectivity index (χ1n) is 5.56. The van der Waals surface area contributed by atoms with Crippen molar-refractivity contribution < 1.29 is 4.79 Å². The highest BCUT2D eigenvalue weighted by Crippen LogP contribution is 2.24. The Balaban J connectivity index is 2.51. The molecule has 0 unspecified atom stereocenters. The van der Waals surface area contributed by atoms with E-state index < -0.39 is 0 Å². The van der Waals surface area contributed by atoms with E-state index >= 15 is 0 Å². The van der Waals surface area contributed by atoms with Crippen LogP contribution in [0.2, 0.25) is 10.0 Å². The Hall–Kier alpha value is -1.31. The molecule has 0 spiro atoms. The maximum atomic E-state index is 12.4. The Morgan fingerprint density at radius 3 is 2.33 bits per heavy atom. The first kappa shape index (κ1) is 13.1. The number of carbonyl (C=O) groups is 1. The van der Waals surface area contributed by atoms with E-state index in [0.29, 0.717) is 21.2 Å². The van der Waals surface area contributed by atoms with Crippen LogP contribution in [0.1, 0.15) is 27.0 Å². The fourth-order valence-electron chi connectivity index (χ4n) is 1.88. The van der Waals surface area contributed by atoms with Crippen LogP contribution in [0.5, 0.6) is 0 Å². The third-order valence-electron chi connectivity index (χ3n) is 2.80. The zero-order valence-electron chi connectivity index (χ0n) is 10.1. The molecule has 1 nitrogen and oxygen atoms in total. The summed E-state index contributed by atoms with van der Waals surface area (Å²) < 4.78 is 0. The van der Waals surface area contributed by atoms with Gasteiger partial charge in [0.25, 0.3) is 0 Å². The van der Waals surface area contributed by atoms with Crippen molar-refractivity contribution in [2.24, 2.45) is 0 Å². The molecule has 0 saturated heterocycles. The van der Waals surface area contributed by atoms with E-state index in [2.05, 4.69) is 0 Å². The third-order valence-corrected chi connectivity index (χ3v) is 3.36. The molecule has 2 aromatic rings. The fourth-order valence-corrected chi connectivity index (χ4v) is 2.26. The van der Waals surface area contributed by atoms with Crippen LogP contribution in [0, 0.1) is 13.8 Å². The number of carbonyl (C=O) groups excluding carboxylic acids is 1. The predicted molar refractivity (Wildman–Crippen MR) is 75.8 cm³/mol. The lowest BCUT2D eigenvalue weighted by Crippen LogP contribution is -2.04. The summed E-state index contributed by atoms with van der Waals surface area (Å²) >= 11 is 11.9. The molecule has 0 atom stereocenters. The molecule has 0 fully saturated rings. The molecular weight excluding hydrogens is 267 g/mol. The molecule has 0 aromatic heterocycles. The number of benzene rings is 2. The number of rotatable bonds is 2. The van der Waals surface area contributed by atoms with Crippen molar-refractivity contribution in [3.63, 3.8) is 0 Å². The number of aryl methyl sites for hydroxylation is 2. The van der Waals surface area contributed by atoms with Gasteiger partial charge in [-0.2, -0.15) is 0 Å². The van der Waals surface area contributed by atoms with Gasteiger partial charge >= 0.3 is 0 Å². The Bertz CT molecular complexity index is 618. The fraction of sp³-hybridized carbons (Fsp3) is 0.133. The molecule has 0 saturated carbocycles. The van der Waals surface area contributed by atoms with Crippen LogP contribution in [0.25, 0.3) is 0 Å². The summed E-state index contributed by atoms with van der Waals surface area (Å²) in [6.45, 7) is 3.91. The summed E-state index contributed by atoms with van der Waals surface area (Å²) in [6, 6.07) is 10.6. The van der Waals surface area contributed by atoms with Crippen molar-refractivity contribution in [2.45, 2.75) is 13.8 Å². The van der Waals surface area contributed by atoms with Gasteiger partial charge in [0, 0.05) is 16.1 Å². The lowest BCUT2D eigenvalue weighted by atomic mass is 9.97. The number of halogens is 2. The van der Waals surface area contributed by atoms with E-state index in [9.17, 15) is 4.79 Å². The molecule has 2 aromatic carbocycles. The zero-order chi connectivity index (χ0) is 13.3. The Morgan fingerprint density at radius 1 is 0.944 bits per heavy atom. The maximum Gasteiger partial charge on any atom is 0.194 e. The van der Waals surface area contributed by atoms with Crippen molar-refractivity contribution in [2.75, 3.05) is 0 Å². The molecule has 92 valence electrons. The molecule has 2 rings (SSSR count). The quantitative estimate of drug-likeness (QED) is 0.719. The van der Waals surface area contributed by atoms with Gasteiger partial charge < -0.3 is 0 Å². The van der Waals surface area contributed by atoms with Crippen LogP contribution >= 0.6 is 23.2 Å². The molecule has 3 heteroatoms. The summed E-state index contributed by atoms with van der Waals surface area (Å²) in [6.07, 6.45) is 0. The normalized spacial score (nSPS) is 10.4. The van der Waals surface area contributed by atoms with Gasteiger partial charge in [0.05, 0.1) is 5.02 Å². The maximum absolute atomic E-state index is 12.4. The van der Waals surface area contributed by atoms with Crippen LogP contribution in [0.3, 0.4) is 0 Å². The van der Waals surface area contributed by atoms with Crippen LogP contribution in [-0.4, -0.2) is 5.78 Å². The van der Waals surface area contributed by atoms with Crippen molar-refractivity contribution in [3.8, 4) is 0 Å². The standard InChI is InChI=1S/C15H12Cl2O/c1-9-3-5-12(10(2)7-9)15(18)13-8-11(16)4-6-14(13)17/h3-8H,1-2H3. The van der Waals surface area contributed by atoms with Gasteiger partial charge in [-0.3, -0.25) is 4.79 Å². The molecule has 0 aliphatic rings. The van der Waals surface area contributed by atoms with E-state index in [1.54, 1.807) is 18.2 Å². The minimum atomic E-state index is -0.0972. The molecule has 0 amide bonds. The highest BCUT2D eigenvalue weighted by molar-refractivity contribution is 6.36. The predicted octanol–water partition coefficient (Wildman–Crippen LogP) is 4.84. The molecule has 0 radical (unpaired) electrons. The lowest BCUT2D eigenvalue weighted by molar-refractivity contribution is 0.103. The summed E-state index contributed by atoms with van der Waals surface area (Å²) in [5.41, 5.74) is 3.16. The lowest BCUT2D eigenvalue weighted by Gasteiger charge is -2.08. The topological polar surface area (TPSA) is 17.1 Å². The third kappa shape index (κ3) is 2.58. The summed E-state index contributed by atoms with van der Waals surface area (Å²) in [4.78, 5) is 12.4. The van der Waals surface area contributed by atoms with Crippen LogP contribution in [0.15, 0.2) is 36.4 Å². The first-order valence-corrected chi connectivity index (χ1v) is 6.31.